The summed E-state index contributed by atoms with van der Waals surface area (Å²) in [6, 6.07) is -0.623. The average molecular weight is 296 g/mol. The molecule has 0 aliphatic carbocycles. The summed E-state index contributed by atoms with van der Waals surface area (Å²) >= 11 is 1.45. The minimum absolute atomic E-state index is 0.00426. The van der Waals surface area contributed by atoms with Crippen LogP contribution in [0.1, 0.15) is 5.82 Å². The highest BCUT2D eigenvalue weighted by atomic mass is 32.2. The molecule has 0 saturated carbocycles. The molecule has 3 heterocycles. The van der Waals surface area contributed by atoms with Crippen LogP contribution in [0, 0.1) is 6.92 Å². The summed E-state index contributed by atoms with van der Waals surface area (Å²) in [6.45, 7) is 1.89. The van der Waals surface area contributed by atoms with Crippen molar-refractivity contribution in [2.24, 2.45) is 5.73 Å². The molecule has 2 aliphatic rings. The van der Waals surface area contributed by atoms with Crippen LogP contribution in [-0.4, -0.2) is 59.3 Å². The molecular formula is C10H12N6O3S. The number of fused-ring (bicyclic) bond motifs is 1. The number of hydrogen-bond donors (Lipinski definition) is 2. The number of nitrogens with zero attached hydrogens (tertiary/aromatic N) is 5. The molecule has 1 aromatic rings. The van der Waals surface area contributed by atoms with E-state index in [9.17, 15) is 14.7 Å². The lowest BCUT2D eigenvalue weighted by molar-refractivity contribution is -0.148. The summed E-state index contributed by atoms with van der Waals surface area (Å²) in [5.41, 5.74) is 6.25. The number of carbonyl (C=O) groups excluding carboxylic acids is 1. The zero-order valence-corrected chi connectivity index (χ0v) is 11.4. The summed E-state index contributed by atoms with van der Waals surface area (Å²) in [6.07, 6.45) is 0. The Bertz CT molecular complexity index is 626. The maximum Gasteiger partial charge on any atom is 0.352 e. The Hall–Kier alpha value is -1.94. The molecule has 2 atom stereocenters. The Morgan fingerprint density at radius 2 is 2.35 bits per heavy atom. The molecule has 20 heavy (non-hydrogen) atoms. The van der Waals surface area contributed by atoms with E-state index in [2.05, 4.69) is 15.4 Å². The van der Waals surface area contributed by atoms with Crippen molar-refractivity contribution >= 4 is 23.6 Å². The number of carboxylic acid groups (broad SMARTS) is 1. The van der Waals surface area contributed by atoms with E-state index >= 15 is 0 Å². The molecule has 3 N–H and O–H groups in total. The number of rotatable bonds is 3. The fourth-order valence-corrected chi connectivity index (χ4v) is 3.54. The highest BCUT2D eigenvalue weighted by Gasteiger charge is 2.51. The standard InChI is InChI=1S/C10H12N6O3S/c1-4-12-14-15(13-4)2-5-3-20-9-6(11)8(17)16(9)7(5)10(18)19/h6,9H,2-3,11H2,1H3,(H,18,19)/t6-,9-/m0/s1. The molecule has 1 amide bonds. The largest absolute Gasteiger partial charge is 0.477 e. The Balaban J connectivity index is 1.94. The summed E-state index contributed by atoms with van der Waals surface area (Å²) < 4.78 is 0. The van der Waals surface area contributed by atoms with Gasteiger partial charge in [-0.15, -0.1) is 22.0 Å². The van der Waals surface area contributed by atoms with Gasteiger partial charge in [0.25, 0.3) is 0 Å². The van der Waals surface area contributed by atoms with E-state index in [1.165, 1.54) is 21.5 Å². The molecule has 0 radical (unpaired) electrons. The van der Waals surface area contributed by atoms with Gasteiger partial charge in [-0.1, -0.05) is 0 Å². The lowest BCUT2D eigenvalue weighted by Crippen LogP contribution is -2.68. The van der Waals surface area contributed by atoms with Gasteiger partial charge < -0.3 is 10.8 Å². The number of nitrogens with two attached hydrogens (primary N) is 1. The predicted octanol–water partition coefficient (Wildman–Crippen LogP) is -1.44. The third kappa shape index (κ3) is 1.88. The van der Waals surface area contributed by atoms with Gasteiger partial charge in [0.15, 0.2) is 5.82 Å². The highest BCUT2D eigenvalue weighted by Crippen LogP contribution is 2.39. The zero-order valence-electron chi connectivity index (χ0n) is 10.6. The molecule has 106 valence electrons. The van der Waals surface area contributed by atoms with Gasteiger partial charge in [-0.25, -0.2) is 4.79 Å². The number of amides is 1. The summed E-state index contributed by atoms with van der Waals surface area (Å²) in [7, 11) is 0. The number of aliphatic carboxylic acids is 1. The minimum atomic E-state index is -1.14. The van der Waals surface area contributed by atoms with Crippen molar-refractivity contribution in [1.29, 1.82) is 0 Å². The number of thioether (sulfide) groups is 1. The molecular weight excluding hydrogens is 284 g/mol. The van der Waals surface area contributed by atoms with Crippen LogP contribution >= 0.6 is 11.8 Å². The van der Waals surface area contributed by atoms with Crippen molar-refractivity contribution in [2.45, 2.75) is 24.9 Å². The second-order valence-corrected chi connectivity index (χ2v) is 5.66. The fourth-order valence-electron chi connectivity index (χ4n) is 2.26. The zero-order chi connectivity index (χ0) is 14.4. The number of tetrazole rings is 1. The number of carbonyl (C=O) groups is 2. The van der Waals surface area contributed by atoms with Gasteiger partial charge in [0, 0.05) is 5.75 Å². The molecule has 0 spiro atoms. The van der Waals surface area contributed by atoms with Crippen LogP contribution in [0.3, 0.4) is 0 Å². The molecule has 3 rings (SSSR count). The van der Waals surface area contributed by atoms with Crippen molar-refractivity contribution < 1.29 is 14.7 Å². The fraction of sp³-hybridized carbons (Fsp3) is 0.500. The monoisotopic (exact) mass is 296 g/mol. The minimum Gasteiger partial charge on any atom is -0.477 e. The smallest absolute Gasteiger partial charge is 0.352 e. The third-order valence-electron chi connectivity index (χ3n) is 3.18. The first kappa shape index (κ1) is 13.1. The normalized spacial score (nSPS) is 25.5. The molecule has 0 bridgehead atoms. The van der Waals surface area contributed by atoms with Gasteiger partial charge in [-0.2, -0.15) is 4.80 Å². The van der Waals surface area contributed by atoms with Crippen molar-refractivity contribution in [3.63, 3.8) is 0 Å². The number of aryl methyl sites for hydroxylation is 1. The van der Waals surface area contributed by atoms with Crippen LogP contribution in [0.5, 0.6) is 0 Å². The highest BCUT2D eigenvalue weighted by molar-refractivity contribution is 8.00. The van der Waals surface area contributed by atoms with Gasteiger partial charge in [0.05, 0.1) is 6.54 Å². The summed E-state index contributed by atoms with van der Waals surface area (Å²) in [5.74, 6) is -0.516. The molecule has 10 heteroatoms. The SMILES string of the molecule is Cc1nnn(CC2=C(C(=O)O)N3C(=O)[C@H](N)[C@@H]3SC2)n1. The maximum atomic E-state index is 11.8. The predicted molar refractivity (Wildman–Crippen MR) is 68.3 cm³/mol. The van der Waals surface area contributed by atoms with Crippen molar-refractivity contribution in [1.82, 2.24) is 25.1 Å². The van der Waals surface area contributed by atoms with Gasteiger partial charge in [0.1, 0.15) is 17.1 Å². The van der Waals surface area contributed by atoms with E-state index in [0.29, 0.717) is 17.2 Å². The van der Waals surface area contributed by atoms with E-state index in [4.69, 9.17) is 5.73 Å². The first-order valence-electron chi connectivity index (χ1n) is 5.89. The third-order valence-corrected chi connectivity index (χ3v) is 4.54. The van der Waals surface area contributed by atoms with E-state index in [-0.39, 0.29) is 23.5 Å². The lowest BCUT2D eigenvalue weighted by Gasteiger charge is -2.47. The summed E-state index contributed by atoms with van der Waals surface area (Å²) in [4.78, 5) is 25.8. The summed E-state index contributed by atoms with van der Waals surface area (Å²) in [5, 5.41) is 20.6. The number of carboxylic acids is 1. The van der Waals surface area contributed by atoms with Crippen LogP contribution in [0.15, 0.2) is 11.3 Å². The van der Waals surface area contributed by atoms with Crippen LogP contribution in [0.4, 0.5) is 0 Å². The van der Waals surface area contributed by atoms with E-state index in [1.807, 2.05) is 0 Å². The number of aromatic nitrogens is 4. The molecule has 0 unspecified atom stereocenters. The number of hydrogen-bond acceptors (Lipinski definition) is 7. The van der Waals surface area contributed by atoms with Gasteiger partial charge in [-0.05, 0) is 17.7 Å². The second-order valence-electron chi connectivity index (χ2n) is 4.56. The van der Waals surface area contributed by atoms with Gasteiger partial charge in [0.2, 0.25) is 5.91 Å². The van der Waals surface area contributed by atoms with Crippen molar-refractivity contribution in [2.75, 3.05) is 5.75 Å². The molecule has 9 nitrogen and oxygen atoms in total. The maximum absolute atomic E-state index is 11.8. The second kappa shape index (κ2) is 4.56. The molecule has 2 aliphatic heterocycles. The van der Waals surface area contributed by atoms with Crippen molar-refractivity contribution in [3.8, 4) is 0 Å². The van der Waals surface area contributed by atoms with Crippen LogP contribution in [0.25, 0.3) is 0 Å². The Morgan fingerprint density at radius 1 is 1.60 bits per heavy atom. The van der Waals surface area contributed by atoms with Gasteiger partial charge >= 0.3 is 5.97 Å². The molecule has 1 saturated heterocycles. The molecule has 1 aromatic heterocycles. The quantitative estimate of drug-likeness (QED) is 0.649. The van der Waals surface area contributed by atoms with Crippen molar-refractivity contribution in [3.05, 3.63) is 17.1 Å². The van der Waals surface area contributed by atoms with Crippen LogP contribution in [-0.2, 0) is 16.1 Å². The lowest BCUT2D eigenvalue weighted by atomic mass is 10.0. The van der Waals surface area contributed by atoms with E-state index in [0.717, 1.165) is 0 Å². The van der Waals surface area contributed by atoms with Gasteiger partial charge in [-0.3, -0.25) is 9.69 Å². The average Bonchev–Trinajstić information content (AvgIpc) is 2.82. The number of β-lactam (4-membered cyclic amide) rings is 1. The molecule has 1 fully saturated rings. The Morgan fingerprint density at radius 3 is 2.95 bits per heavy atom. The topological polar surface area (TPSA) is 127 Å². The first-order chi connectivity index (χ1) is 9.49. The first-order valence-corrected chi connectivity index (χ1v) is 6.94. The molecule has 0 aromatic carbocycles. The van der Waals surface area contributed by atoms with E-state index < -0.39 is 12.0 Å². The van der Waals surface area contributed by atoms with Crippen LogP contribution in [0.2, 0.25) is 0 Å². The van der Waals surface area contributed by atoms with E-state index in [1.54, 1.807) is 6.92 Å². The van der Waals surface area contributed by atoms with Crippen LogP contribution < -0.4 is 5.73 Å². The Kier molecular flexibility index (Phi) is 2.98. The Labute approximate surface area is 117 Å².